The van der Waals surface area contributed by atoms with E-state index in [1.54, 1.807) is 11.2 Å². The van der Waals surface area contributed by atoms with E-state index in [1.807, 2.05) is 28.8 Å². The molecule has 0 unspecified atom stereocenters. The van der Waals surface area contributed by atoms with Crippen molar-refractivity contribution in [3.8, 4) is 0 Å². The fraction of sp³-hybridized carbons (Fsp3) is 0.357. The van der Waals surface area contributed by atoms with Gasteiger partial charge < -0.3 is 9.47 Å². The van der Waals surface area contributed by atoms with E-state index in [1.165, 1.54) is 0 Å². The summed E-state index contributed by atoms with van der Waals surface area (Å²) in [7, 11) is 0. The van der Waals surface area contributed by atoms with Crippen molar-refractivity contribution in [2.75, 3.05) is 13.1 Å². The molecule has 0 spiro atoms. The number of carbonyl (C=O) groups is 2. The molecule has 1 aromatic heterocycles. The molecule has 5 heteroatoms. The van der Waals surface area contributed by atoms with Crippen molar-refractivity contribution >= 4 is 22.7 Å². The number of benzene rings is 1. The number of piperidine rings is 1. The highest BCUT2D eigenvalue weighted by Crippen LogP contribution is 2.13. The van der Waals surface area contributed by atoms with Gasteiger partial charge in [0, 0.05) is 25.9 Å². The maximum absolute atomic E-state index is 12.2. The number of rotatable bonds is 2. The number of hydrogen-bond donors (Lipinski definition) is 0. The van der Waals surface area contributed by atoms with Gasteiger partial charge in [0.1, 0.15) is 12.3 Å². The van der Waals surface area contributed by atoms with Crippen LogP contribution in [0.4, 0.5) is 0 Å². The number of aromatic nitrogens is 2. The fourth-order valence-electron chi connectivity index (χ4n) is 2.39. The average Bonchev–Trinajstić information content (AvgIpc) is 2.83. The molecule has 2 heterocycles. The number of likely N-dealkylation sites (tertiary alicyclic amines) is 1. The number of hydrogen-bond acceptors (Lipinski definition) is 3. The summed E-state index contributed by atoms with van der Waals surface area (Å²) >= 11 is 0. The van der Waals surface area contributed by atoms with Gasteiger partial charge in [0.2, 0.25) is 5.91 Å². The minimum atomic E-state index is 0.0515. The Bertz CT molecular complexity index is 622. The van der Waals surface area contributed by atoms with Crippen LogP contribution in [0.25, 0.3) is 11.0 Å². The summed E-state index contributed by atoms with van der Waals surface area (Å²) in [5.41, 5.74) is 1.85. The summed E-state index contributed by atoms with van der Waals surface area (Å²) in [5, 5.41) is 0. The van der Waals surface area contributed by atoms with Crippen LogP contribution in [0, 0.1) is 0 Å². The maximum Gasteiger partial charge on any atom is 0.242 e. The van der Waals surface area contributed by atoms with Gasteiger partial charge in [-0.25, -0.2) is 4.98 Å². The molecule has 0 N–H and O–H groups in total. The Labute approximate surface area is 110 Å². The molecular formula is C14H15N3O2. The zero-order valence-corrected chi connectivity index (χ0v) is 10.6. The topological polar surface area (TPSA) is 55.2 Å². The molecule has 19 heavy (non-hydrogen) atoms. The van der Waals surface area contributed by atoms with Gasteiger partial charge in [-0.05, 0) is 12.1 Å². The lowest BCUT2D eigenvalue weighted by molar-refractivity contribution is -0.135. The van der Waals surface area contributed by atoms with E-state index in [-0.39, 0.29) is 18.2 Å². The molecule has 0 aliphatic carbocycles. The summed E-state index contributed by atoms with van der Waals surface area (Å²) in [6.07, 6.45) is 2.66. The zero-order valence-electron chi connectivity index (χ0n) is 10.6. The Kier molecular flexibility index (Phi) is 3.03. The number of Topliss-reactive ketones (excluding diaryl/α,β-unsaturated/α-hetero) is 1. The van der Waals surface area contributed by atoms with Crippen LogP contribution in [-0.2, 0) is 16.1 Å². The summed E-state index contributed by atoms with van der Waals surface area (Å²) < 4.78 is 1.86. The standard InChI is InChI=1S/C14H15N3O2/c18-11-5-7-16(8-6-11)14(19)9-17-10-15-12-3-1-2-4-13(12)17/h1-4,10H,5-9H2. The van der Waals surface area contributed by atoms with Crippen molar-refractivity contribution in [2.45, 2.75) is 19.4 Å². The summed E-state index contributed by atoms with van der Waals surface area (Å²) in [5.74, 6) is 0.299. The number of amides is 1. The molecule has 1 saturated heterocycles. The van der Waals surface area contributed by atoms with Crippen LogP contribution in [-0.4, -0.2) is 39.2 Å². The van der Waals surface area contributed by atoms with Crippen LogP contribution < -0.4 is 0 Å². The predicted octanol–water partition coefficient (Wildman–Crippen LogP) is 1.23. The van der Waals surface area contributed by atoms with Gasteiger partial charge in [-0.3, -0.25) is 9.59 Å². The van der Waals surface area contributed by atoms with Crippen LogP contribution in [0.2, 0.25) is 0 Å². The smallest absolute Gasteiger partial charge is 0.242 e. The number of carbonyl (C=O) groups excluding carboxylic acids is 2. The second-order valence-corrected chi connectivity index (χ2v) is 4.78. The normalized spacial score (nSPS) is 16.0. The molecule has 98 valence electrons. The van der Waals surface area contributed by atoms with Gasteiger partial charge in [-0.1, -0.05) is 12.1 Å². The first-order valence-electron chi connectivity index (χ1n) is 6.43. The highest BCUT2D eigenvalue weighted by atomic mass is 16.2. The van der Waals surface area contributed by atoms with Crippen molar-refractivity contribution < 1.29 is 9.59 Å². The van der Waals surface area contributed by atoms with Gasteiger partial charge in [-0.15, -0.1) is 0 Å². The van der Waals surface area contributed by atoms with Gasteiger partial charge in [0.25, 0.3) is 0 Å². The molecule has 0 atom stereocenters. The molecule has 1 amide bonds. The Morgan fingerprint density at radius 1 is 1.21 bits per heavy atom. The monoisotopic (exact) mass is 257 g/mol. The molecule has 0 bridgehead atoms. The average molecular weight is 257 g/mol. The summed E-state index contributed by atoms with van der Waals surface area (Å²) in [6, 6.07) is 7.74. The highest BCUT2D eigenvalue weighted by Gasteiger charge is 2.21. The molecule has 2 aromatic rings. The molecule has 1 aromatic carbocycles. The number of nitrogens with zero attached hydrogens (tertiary/aromatic N) is 3. The van der Waals surface area contributed by atoms with Gasteiger partial charge in [0.15, 0.2) is 0 Å². The first-order valence-corrected chi connectivity index (χ1v) is 6.43. The summed E-state index contributed by atoms with van der Waals surface area (Å²) in [6.45, 7) is 1.38. The van der Waals surface area contributed by atoms with E-state index in [9.17, 15) is 9.59 Å². The van der Waals surface area contributed by atoms with E-state index in [4.69, 9.17) is 0 Å². The number of imidazole rings is 1. The van der Waals surface area contributed by atoms with Crippen LogP contribution in [0.1, 0.15) is 12.8 Å². The fourth-order valence-corrected chi connectivity index (χ4v) is 2.39. The number of ketones is 1. The van der Waals surface area contributed by atoms with Crippen LogP contribution in [0.15, 0.2) is 30.6 Å². The third-order valence-electron chi connectivity index (χ3n) is 3.51. The second kappa shape index (κ2) is 4.84. The van der Waals surface area contributed by atoms with Gasteiger partial charge in [-0.2, -0.15) is 0 Å². The molecule has 3 rings (SSSR count). The number of para-hydroxylation sites is 2. The Balaban J connectivity index is 1.74. The molecule has 1 fully saturated rings. The Morgan fingerprint density at radius 3 is 2.74 bits per heavy atom. The van der Waals surface area contributed by atoms with E-state index in [0.29, 0.717) is 25.9 Å². The zero-order chi connectivity index (χ0) is 13.2. The van der Waals surface area contributed by atoms with Gasteiger partial charge >= 0.3 is 0 Å². The molecule has 0 radical (unpaired) electrons. The lowest BCUT2D eigenvalue weighted by Crippen LogP contribution is -2.40. The Morgan fingerprint density at radius 2 is 1.95 bits per heavy atom. The maximum atomic E-state index is 12.2. The molecular weight excluding hydrogens is 242 g/mol. The van der Waals surface area contributed by atoms with Crippen molar-refractivity contribution in [2.24, 2.45) is 0 Å². The molecule has 1 aliphatic rings. The SMILES string of the molecule is O=C1CCN(C(=O)Cn2cnc3ccccc32)CC1. The van der Waals surface area contributed by atoms with Crippen LogP contribution in [0.5, 0.6) is 0 Å². The molecule has 5 nitrogen and oxygen atoms in total. The molecule has 1 aliphatic heterocycles. The quantitative estimate of drug-likeness (QED) is 0.813. The second-order valence-electron chi connectivity index (χ2n) is 4.78. The predicted molar refractivity (Wildman–Crippen MR) is 70.6 cm³/mol. The van der Waals surface area contributed by atoms with Crippen LogP contribution >= 0.6 is 0 Å². The largest absolute Gasteiger partial charge is 0.340 e. The highest BCUT2D eigenvalue weighted by molar-refractivity contribution is 5.84. The third kappa shape index (κ3) is 2.36. The van der Waals surface area contributed by atoms with E-state index >= 15 is 0 Å². The van der Waals surface area contributed by atoms with Crippen molar-refractivity contribution in [3.63, 3.8) is 0 Å². The Hall–Kier alpha value is -2.17. The third-order valence-corrected chi connectivity index (χ3v) is 3.51. The van der Waals surface area contributed by atoms with E-state index < -0.39 is 0 Å². The van der Waals surface area contributed by atoms with E-state index in [0.717, 1.165) is 11.0 Å². The van der Waals surface area contributed by atoms with Crippen molar-refractivity contribution in [1.29, 1.82) is 0 Å². The van der Waals surface area contributed by atoms with Crippen LogP contribution in [0.3, 0.4) is 0 Å². The summed E-state index contributed by atoms with van der Waals surface area (Å²) in [4.78, 5) is 29.4. The minimum absolute atomic E-state index is 0.0515. The lowest BCUT2D eigenvalue weighted by Gasteiger charge is -2.26. The van der Waals surface area contributed by atoms with Gasteiger partial charge in [0.05, 0.1) is 17.4 Å². The number of fused-ring (bicyclic) bond motifs is 1. The molecule has 0 saturated carbocycles. The lowest BCUT2D eigenvalue weighted by atomic mass is 10.1. The first-order chi connectivity index (χ1) is 9.24. The van der Waals surface area contributed by atoms with E-state index in [2.05, 4.69) is 4.98 Å². The minimum Gasteiger partial charge on any atom is -0.340 e. The first kappa shape index (κ1) is 11.9. The van der Waals surface area contributed by atoms with Crippen molar-refractivity contribution in [1.82, 2.24) is 14.5 Å². The van der Waals surface area contributed by atoms with Crippen molar-refractivity contribution in [3.05, 3.63) is 30.6 Å².